The average molecular weight is 318 g/mol. The van der Waals surface area contributed by atoms with Gasteiger partial charge in [-0.05, 0) is 31.9 Å². The first kappa shape index (κ1) is 15.7. The van der Waals surface area contributed by atoms with Gasteiger partial charge in [-0.1, -0.05) is 17.3 Å². The Balaban J connectivity index is 1.78. The number of benzene rings is 1. The van der Waals surface area contributed by atoms with Gasteiger partial charge in [-0.2, -0.15) is 0 Å². The van der Waals surface area contributed by atoms with Crippen molar-refractivity contribution < 1.29 is 18.8 Å². The monoisotopic (exact) mass is 318 g/mol. The van der Waals surface area contributed by atoms with Crippen LogP contribution >= 0.6 is 0 Å². The Morgan fingerprint density at radius 3 is 3.00 bits per heavy atom. The largest absolute Gasteiger partial charge is 0.393 e. The Kier molecular flexibility index (Phi) is 4.43. The zero-order chi connectivity index (χ0) is 16.4. The Morgan fingerprint density at radius 1 is 1.48 bits per heavy atom. The number of piperidine rings is 1. The predicted molar refractivity (Wildman–Crippen MR) is 82.2 cm³/mol. The number of rotatable bonds is 3. The summed E-state index contributed by atoms with van der Waals surface area (Å²) >= 11 is 0. The van der Waals surface area contributed by atoms with E-state index in [9.17, 15) is 14.3 Å². The standard InChI is InChI=1S/C17H19FN2O3/c1-11(21)12-5-4-8-20(10-12)17(22)15-9-16(23-19-15)13-6-2-3-7-14(13)18/h2-3,6-7,9,11-12,21H,4-5,8,10H2,1H3. The van der Waals surface area contributed by atoms with Crippen molar-refractivity contribution in [1.82, 2.24) is 10.1 Å². The Bertz CT molecular complexity index is 699. The predicted octanol–water partition coefficient (Wildman–Crippen LogP) is 2.71. The Morgan fingerprint density at radius 2 is 2.26 bits per heavy atom. The minimum Gasteiger partial charge on any atom is -0.393 e. The van der Waals surface area contributed by atoms with E-state index in [1.54, 1.807) is 30.0 Å². The van der Waals surface area contributed by atoms with E-state index in [0.717, 1.165) is 12.8 Å². The second-order valence-corrected chi connectivity index (χ2v) is 5.95. The quantitative estimate of drug-likeness (QED) is 0.945. The fraction of sp³-hybridized carbons (Fsp3) is 0.412. The molecule has 2 unspecified atom stereocenters. The average Bonchev–Trinajstić information content (AvgIpc) is 3.04. The van der Waals surface area contributed by atoms with Gasteiger partial charge in [0.05, 0.1) is 11.7 Å². The number of hydrogen-bond acceptors (Lipinski definition) is 4. The normalized spacial score (nSPS) is 19.6. The lowest BCUT2D eigenvalue weighted by atomic mass is 9.93. The van der Waals surface area contributed by atoms with E-state index in [1.165, 1.54) is 12.1 Å². The third-order valence-corrected chi connectivity index (χ3v) is 4.30. The number of amides is 1. The van der Waals surface area contributed by atoms with Crippen molar-refractivity contribution in [2.75, 3.05) is 13.1 Å². The molecule has 1 saturated heterocycles. The fourth-order valence-corrected chi connectivity index (χ4v) is 2.91. The summed E-state index contributed by atoms with van der Waals surface area (Å²) in [4.78, 5) is 14.2. The SMILES string of the molecule is CC(O)C1CCCN(C(=O)c2cc(-c3ccccc3F)on2)C1. The molecule has 23 heavy (non-hydrogen) atoms. The van der Waals surface area contributed by atoms with E-state index in [4.69, 9.17) is 4.52 Å². The number of aliphatic hydroxyl groups is 1. The maximum absolute atomic E-state index is 13.8. The zero-order valence-electron chi connectivity index (χ0n) is 12.9. The molecule has 1 aliphatic rings. The smallest absolute Gasteiger partial charge is 0.276 e. The molecule has 1 aromatic heterocycles. The summed E-state index contributed by atoms with van der Waals surface area (Å²) in [7, 11) is 0. The van der Waals surface area contributed by atoms with Gasteiger partial charge in [0.15, 0.2) is 11.5 Å². The van der Waals surface area contributed by atoms with Crippen LogP contribution in [0.5, 0.6) is 0 Å². The van der Waals surface area contributed by atoms with E-state index in [1.807, 2.05) is 0 Å². The molecule has 1 aromatic carbocycles. The molecule has 2 heterocycles. The van der Waals surface area contributed by atoms with Gasteiger partial charge in [0.2, 0.25) is 0 Å². The van der Waals surface area contributed by atoms with Gasteiger partial charge in [-0.25, -0.2) is 4.39 Å². The third kappa shape index (κ3) is 3.27. The van der Waals surface area contributed by atoms with E-state index in [2.05, 4.69) is 5.16 Å². The molecule has 3 rings (SSSR count). The van der Waals surface area contributed by atoms with Crippen LogP contribution in [0.4, 0.5) is 4.39 Å². The molecule has 5 nitrogen and oxygen atoms in total. The molecular formula is C17H19FN2O3. The van der Waals surface area contributed by atoms with Crippen molar-refractivity contribution in [2.45, 2.75) is 25.9 Å². The highest BCUT2D eigenvalue weighted by Crippen LogP contribution is 2.25. The molecule has 1 fully saturated rings. The molecule has 1 N–H and O–H groups in total. The maximum Gasteiger partial charge on any atom is 0.276 e. The van der Waals surface area contributed by atoms with Gasteiger partial charge < -0.3 is 14.5 Å². The Labute approximate surface area is 133 Å². The lowest BCUT2D eigenvalue weighted by Crippen LogP contribution is -2.43. The molecular weight excluding hydrogens is 299 g/mol. The van der Waals surface area contributed by atoms with Gasteiger partial charge in [0.25, 0.3) is 5.91 Å². The number of hydrogen-bond donors (Lipinski definition) is 1. The molecule has 1 aliphatic heterocycles. The molecule has 2 aromatic rings. The number of aliphatic hydroxyl groups excluding tert-OH is 1. The maximum atomic E-state index is 13.8. The number of halogens is 1. The summed E-state index contributed by atoms with van der Waals surface area (Å²) in [5.74, 6) is -0.363. The van der Waals surface area contributed by atoms with Crippen LogP contribution in [0.2, 0.25) is 0 Å². The fourth-order valence-electron chi connectivity index (χ4n) is 2.91. The molecule has 0 aliphatic carbocycles. The summed E-state index contributed by atoms with van der Waals surface area (Å²) in [5, 5.41) is 13.5. The van der Waals surface area contributed by atoms with Crippen LogP contribution in [0.15, 0.2) is 34.9 Å². The first-order chi connectivity index (χ1) is 11.1. The van der Waals surface area contributed by atoms with E-state index in [0.29, 0.717) is 13.1 Å². The summed E-state index contributed by atoms with van der Waals surface area (Å²) in [5.41, 5.74) is 0.439. The van der Waals surface area contributed by atoms with Gasteiger partial charge >= 0.3 is 0 Å². The van der Waals surface area contributed by atoms with Crippen molar-refractivity contribution in [1.29, 1.82) is 0 Å². The molecule has 0 saturated carbocycles. The Hall–Kier alpha value is -2.21. The van der Waals surface area contributed by atoms with Crippen LogP contribution in [0.25, 0.3) is 11.3 Å². The minimum atomic E-state index is -0.447. The number of carbonyl (C=O) groups excluding carboxylic acids is 1. The minimum absolute atomic E-state index is 0.0747. The van der Waals surface area contributed by atoms with Crippen LogP contribution in [0, 0.1) is 11.7 Å². The second-order valence-electron chi connectivity index (χ2n) is 5.95. The molecule has 0 spiro atoms. The molecule has 0 bridgehead atoms. The van der Waals surface area contributed by atoms with Gasteiger partial charge in [0.1, 0.15) is 5.82 Å². The van der Waals surface area contributed by atoms with E-state index in [-0.39, 0.29) is 28.8 Å². The number of nitrogens with zero attached hydrogens (tertiary/aromatic N) is 2. The van der Waals surface area contributed by atoms with Crippen LogP contribution in [0.3, 0.4) is 0 Å². The number of carbonyl (C=O) groups is 1. The summed E-state index contributed by atoms with van der Waals surface area (Å²) in [6.45, 7) is 2.87. The molecule has 122 valence electrons. The van der Waals surface area contributed by atoms with Crippen LogP contribution in [-0.2, 0) is 0 Å². The summed E-state index contributed by atoms with van der Waals surface area (Å²) in [6, 6.07) is 7.66. The number of aromatic nitrogens is 1. The van der Waals surface area contributed by atoms with Crippen LogP contribution in [-0.4, -0.2) is 40.3 Å². The van der Waals surface area contributed by atoms with Crippen molar-refractivity contribution in [3.63, 3.8) is 0 Å². The van der Waals surface area contributed by atoms with Gasteiger partial charge in [-0.15, -0.1) is 0 Å². The molecule has 6 heteroatoms. The second kappa shape index (κ2) is 6.50. The first-order valence-corrected chi connectivity index (χ1v) is 7.75. The van der Waals surface area contributed by atoms with E-state index < -0.39 is 11.9 Å². The highest BCUT2D eigenvalue weighted by molar-refractivity contribution is 5.93. The zero-order valence-corrected chi connectivity index (χ0v) is 12.9. The lowest BCUT2D eigenvalue weighted by molar-refractivity contribution is 0.0458. The molecule has 0 radical (unpaired) electrons. The summed E-state index contributed by atoms with van der Waals surface area (Å²) < 4.78 is 18.9. The van der Waals surface area contributed by atoms with Crippen molar-refractivity contribution in [2.24, 2.45) is 5.92 Å². The van der Waals surface area contributed by atoms with Crippen molar-refractivity contribution in [3.05, 3.63) is 41.8 Å². The summed E-state index contributed by atoms with van der Waals surface area (Å²) in [6.07, 6.45) is 1.30. The van der Waals surface area contributed by atoms with Gasteiger partial charge in [0, 0.05) is 25.1 Å². The highest BCUT2D eigenvalue weighted by atomic mass is 19.1. The first-order valence-electron chi connectivity index (χ1n) is 7.75. The van der Waals surface area contributed by atoms with Gasteiger partial charge in [-0.3, -0.25) is 4.79 Å². The van der Waals surface area contributed by atoms with Crippen LogP contribution in [0.1, 0.15) is 30.3 Å². The number of likely N-dealkylation sites (tertiary alicyclic amines) is 1. The lowest BCUT2D eigenvalue weighted by Gasteiger charge is -2.33. The van der Waals surface area contributed by atoms with Crippen molar-refractivity contribution in [3.8, 4) is 11.3 Å². The molecule has 2 atom stereocenters. The third-order valence-electron chi connectivity index (χ3n) is 4.30. The van der Waals surface area contributed by atoms with E-state index >= 15 is 0 Å². The van der Waals surface area contributed by atoms with Crippen molar-refractivity contribution >= 4 is 5.91 Å². The highest BCUT2D eigenvalue weighted by Gasteiger charge is 2.28. The topological polar surface area (TPSA) is 66.6 Å². The molecule has 1 amide bonds. The van der Waals surface area contributed by atoms with Crippen LogP contribution < -0.4 is 0 Å².